The Morgan fingerprint density at radius 3 is 2.37 bits per heavy atom. The van der Waals surface area contributed by atoms with Crippen LogP contribution in [0.3, 0.4) is 0 Å². The Kier molecular flexibility index (Phi) is 7.60. The number of Topliss-reactive ketones (excluding diaryl/α,β-unsaturated/α-hetero) is 1. The molecule has 35 heavy (non-hydrogen) atoms. The second-order valence-electron chi connectivity index (χ2n) is 8.38. The van der Waals surface area contributed by atoms with Crippen LogP contribution in [0.5, 0.6) is 17.2 Å². The second kappa shape index (κ2) is 10.8. The van der Waals surface area contributed by atoms with Crippen molar-refractivity contribution in [2.24, 2.45) is 0 Å². The van der Waals surface area contributed by atoms with Crippen molar-refractivity contribution < 1.29 is 28.9 Å². The van der Waals surface area contributed by atoms with Gasteiger partial charge in [-0.3, -0.25) is 9.59 Å². The Morgan fingerprint density at radius 1 is 1.03 bits per heavy atom. The van der Waals surface area contributed by atoms with Gasteiger partial charge < -0.3 is 29.1 Å². The van der Waals surface area contributed by atoms with E-state index in [1.54, 1.807) is 23.1 Å². The Bertz CT molecular complexity index is 1110. The lowest BCUT2D eigenvalue weighted by molar-refractivity contribution is -0.140. The largest absolute Gasteiger partial charge is 0.507 e. The van der Waals surface area contributed by atoms with Gasteiger partial charge >= 0.3 is 0 Å². The van der Waals surface area contributed by atoms with Gasteiger partial charge in [0.25, 0.3) is 11.7 Å². The van der Waals surface area contributed by atoms with Gasteiger partial charge in [-0.2, -0.15) is 0 Å². The molecule has 0 aliphatic carbocycles. The average Bonchev–Trinajstić information content (AvgIpc) is 3.14. The van der Waals surface area contributed by atoms with Gasteiger partial charge in [-0.25, -0.2) is 0 Å². The number of hydrogen-bond acceptors (Lipinski definition) is 7. The first-order valence-electron chi connectivity index (χ1n) is 12.1. The van der Waals surface area contributed by atoms with Crippen LogP contribution in [0.2, 0.25) is 0 Å². The third-order valence-electron chi connectivity index (χ3n) is 6.41. The van der Waals surface area contributed by atoms with Crippen LogP contribution in [-0.4, -0.2) is 72.6 Å². The highest BCUT2D eigenvalue weighted by Gasteiger charge is 2.46. The number of fused-ring (bicyclic) bond motifs is 1. The van der Waals surface area contributed by atoms with Gasteiger partial charge in [0.2, 0.25) is 0 Å². The number of ketones is 1. The van der Waals surface area contributed by atoms with E-state index in [0.29, 0.717) is 55.7 Å². The molecule has 8 nitrogen and oxygen atoms in total. The van der Waals surface area contributed by atoms with Gasteiger partial charge in [0.1, 0.15) is 24.7 Å². The average molecular weight is 481 g/mol. The lowest BCUT2D eigenvalue weighted by Crippen LogP contribution is -2.38. The van der Waals surface area contributed by atoms with E-state index in [0.717, 1.165) is 18.7 Å². The lowest BCUT2D eigenvalue weighted by Gasteiger charge is -2.28. The highest BCUT2D eigenvalue weighted by atomic mass is 16.6. The molecule has 0 unspecified atom stereocenters. The molecule has 1 atom stereocenters. The van der Waals surface area contributed by atoms with Gasteiger partial charge in [0.15, 0.2) is 11.5 Å². The molecule has 8 heteroatoms. The number of aliphatic hydroxyl groups is 1. The van der Waals surface area contributed by atoms with Crippen LogP contribution >= 0.6 is 0 Å². The number of aliphatic hydroxyl groups excluding tert-OH is 1. The molecule has 1 amide bonds. The van der Waals surface area contributed by atoms with E-state index < -0.39 is 17.7 Å². The maximum absolute atomic E-state index is 13.3. The van der Waals surface area contributed by atoms with Crippen LogP contribution in [0.25, 0.3) is 5.76 Å². The van der Waals surface area contributed by atoms with Gasteiger partial charge in [-0.1, -0.05) is 26.0 Å². The Labute approximate surface area is 205 Å². The van der Waals surface area contributed by atoms with E-state index in [1.165, 1.54) is 0 Å². The first kappa shape index (κ1) is 24.6. The molecule has 186 valence electrons. The number of amides is 1. The van der Waals surface area contributed by atoms with Crippen LogP contribution in [0.4, 0.5) is 0 Å². The number of ether oxygens (including phenoxy) is 3. The zero-order chi connectivity index (χ0) is 24.9. The molecular formula is C27H32N2O6. The number of rotatable bonds is 9. The van der Waals surface area contributed by atoms with Crippen molar-refractivity contribution in [1.29, 1.82) is 0 Å². The summed E-state index contributed by atoms with van der Waals surface area (Å²) >= 11 is 0. The van der Waals surface area contributed by atoms with E-state index in [4.69, 9.17) is 14.2 Å². The maximum atomic E-state index is 13.3. The predicted molar refractivity (Wildman–Crippen MR) is 132 cm³/mol. The fraction of sp³-hybridized carbons (Fsp3) is 0.407. The third kappa shape index (κ3) is 4.98. The van der Waals surface area contributed by atoms with E-state index >= 15 is 0 Å². The Morgan fingerprint density at radius 2 is 1.71 bits per heavy atom. The number of hydrogen-bond donors (Lipinski definition) is 1. The minimum atomic E-state index is -0.713. The number of likely N-dealkylation sites (N-methyl/N-ethyl adjacent to an activating group) is 1. The van der Waals surface area contributed by atoms with Gasteiger partial charge in [0.05, 0.1) is 18.2 Å². The summed E-state index contributed by atoms with van der Waals surface area (Å²) in [6.45, 7) is 10.1. The fourth-order valence-electron chi connectivity index (χ4n) is 4.51. The van der Waals surface area contributed by atoms with Crippen molar-refractivity contribution >= 4 is 17.4 Å². The van der Waals surface area contributed by atoms with Crippen molar-refractivity contribution in [1.82, 2.24) is 9.80 Å². The molecule has 2 heterocycles. The van der Waals surface area contributed by atoms with Crippen molar-refractivity contribution in [3.63, 3.8) is 0 Å². The molecule has 2 aromatic rings. The summed E-state index contributed by atoms with van der Waals surface area (Å²) in [5.41, 5.74) is 1.19. The van der Waals surface area contributed by atoms with Crippen LogP contribution in [0, 0.1) is 0 Å². The summed E-state index contributed by atoms with van der Waals surface area (Å²) in [4.78, 5) is 30.2. The van der Waals surface area contributed by atoms with Crippen molar-refractivity contribution in [2.75, 3.05) is 46.0 Å². The van der Waals surface area contributed by atoms with E-state index in [1.807, 2.05) is 31.2 Å². The first-order chi connectivity index (χ1) is 17.0. The molecule has 1 N–H and O–H groups in total. The van der Waals surface area contributed by atoms with Gasteiger partial charge in [-0.05, 0) is 55.9 Å². The minimum Gasteiger partial charge on any atom is -0.507 e. The molecule has 0 radical (unpaired) electrons. The second-order valence-corrected chi connectivity index (χ2v) is 8.38. The molecule has 1 saturated heterocycles. The lowest BCUT2D eigenvalue weighted by atomic mass is 9.95. The van der Waals surface area contributed by atoms with E-state index in [2.05, 4.69) is 18.7 Å². The van der Waals surface area contributed by atoms with Gasteiger partial charge in [-0.15, -0.1) is 0 Å². The van der Waals surface area contributed by atoms with E-state index in [9.17, 15) is 14.7 Å². The molecule has 4 rings (SSSR count). The van der Waals surface area contributed by atoms with Crippen molar-refractivity contribution in [3.8, 4) is 17.2 Å². The molecular weight excluding hydrogens is 448 g/mol. The summed E-state index contributed by atoms with van der Waals surface area (Å²) in [6.07, 6.45) is 0. The third-order valence-corrected chi connectivity index (χ3v) is 6.41. The van der Waals surface area contributed by atoms with E-state index in [-0.39, 0.29) is 11.3 Å². The van der Waals surface area contributed by atoms with Crippen LogP contribution in [0.1, 0.15) is 37.9 Å². The summed E-state index contributed by atoms with van der Waals surface area (Å²) in [5, 5.41) is 11.3. The number of likely N-dealkylation sites (tertiary alicyclic amines) is 1. The summed E-state index contributed by atoms with van der Waals surface area (Å²) in [7, 11) is 0. The zero-order valence-corrected chi connectivity index (χ0v) is 20.5. The molecule has 1 fully saturated rings. The Hall–Kier alpha value is -3.52. The molecule has 0 spiro atoms. The number of nitrogens with zero attached hydrogens (tertiary/aromatic N) is 2. The number of carbonyl (C=O) groups excluding carboxylic acids is 2. The van der Waals surface area contributed by atoms with Crippen LogP contribution in [-0.2, 0) is 9.59 Å². The standard InChI is InChI=1S/C27H32N2O6/c1-4-28(5-2)13-14-29-24(18-7-10-20(11-8-18)33-6-3)23(26(31)27(29)32)25(30)19-9-12-21-22(17-19)35-16-15-34-21/h7-12,17,24,30H,4-6,13-16H2,1-3H3/t24-/m1/s1. The minimum absolute atomic E-state index is 0.0652. The molecule has 2 aromatic carbocycles. The van der Waals surface area contributed by atoms with Crippen molar-refractivity contribution in [2.45, 2.75) is 26.8 Å². The first-order valence-corrected chi connectivity index (χ1v) is 12.1. The van der Waals surface area contributed by atoms with Crippen LogP contribution in [0.15, 0.2) is 48.0 Å². The predicted octanol–water partition coefficient (Wildman–Crippen LogP) is 3.62. The highest BCUT2D eigenvalue weighted by Crippen LogP contribution is 2.41. The van der Waals surface area contributed by atoms with Gasteiger partial charge in [0, 0.05) is 18.7 Å². The zero-order valence-electron chi connectivity index (χ0n) is 20.5. The topological polar surface area (TPSA) is 88.5 Å². The number of carbonyl (C=O) groups is 2. The SMILES string of the molecule is CCOc1ccc([C@@H]2C(=C(O)c3ccc4c(c3)OCCO4)C(=O)C(=O)N2CCN(CC)CC)cc1. The summed E-state index contributed by atoms with van der Waals surface area (Å²) in [6, 6.07) is 11.6. The van der Waals surface area contributed by atoms with Crippen LogP contribution < -0.4 is 14.2 Å². The fourth-order valence-corrected chi connectivity index (χ4v) is 4.51. The Balaban J connectivity index is 1.77. The summed E-state index contributed by atoms with van der Waals surface area (Å²) in [5.74, 6) is 0.225. The molecule has 0 saturated carbocycles. The molecule has 2 aliphatic rings. The number of benzene rings is 2. The normalized spacial score (nSPS) is 18.9. The quantitative estimate of drug-likeness (QED) is 0.333. The maximum Gasteiger partial charge on any atom is 0.295 e. The smallest absolute Gasteiger partial charge is 0.295 e. The molecule has 0 bridgehead atoms. The molecule has 0 aromatic heterocycles. The monoisotopic (exact) mass is 480 g/mol. The van der Waals surface area contributed by atoms with Crippen molar-refractivity contribution in [3.05, 3.63) is 59.2 Å². The summed E-state index contributed by atoms with van der Waals surface area (Å²) < 4.78 is 16.8. The highest BCUT2D eigenvalue weighted by molar-refractivity contribution is 6.46. The molecule has 2 aliphatic heterocycles.